The summed E-state index contributed by atoms with van der Waals surface area (Å²) in [5.74, 6) is -0.400. The number of aryl methyl sites for hydroxylation is 1. The second-order valence-corrected chi connectivity index (χ2v) is 10.0. The van der Waals surface area contributed by atoms with Gasteiger partial charge in [0.25, 0.3) is 5.56 Å². The van der Waals surface area contributed by atoms with Crippen LogP contribution in [-0.2, 0) is 48.2 Å². The van der Waals surface area contributed by atoms with Crippen LogP contribution in [0.15, 0.2) is 83.2 Å². The highest BCUT2D eigenvalue weighted by atomic mass is 16.5. The second-order valence-electron chi connectivity index (χ2n) is 10.0. The highest BCUT2D eigenvalue weighted by Gasteiger charge is 2.18. The Morgan fingerprint density at radius 1 is 0.796 bits per heavy atom. The largest absolute Gasteiger partial charge is 0.463 e. The van der Waals surface area contributed by atoms with E-state index in [1.807, 2.05) is 102 Å². The lowest BCUT2D eigenvalue weighted by atomic mass is 10.1. The molecule has 0 spiro atoms. The number of esters is 2. The van der Waals surface area contributed by atoms with Crippen molar-refractivity contribution in [3.8, 4) is 0 Å². The number of benzene rings is 2. The van der Waals surface area contributed by atoms with Crippen molar-refractivity contribution in [2.75, 3.05) is 13.2 Å². The van der Waals surface area contributed by atoms with Gasteiger partial charge in [0.1, 0.15) is 11.3 Å². The molecule has 0 fully saturated rings. The Morgan fingerprint density at radius 2 is 1.29 bits per heavy atom. The van der Waals surface area contributed by atoms with E-state index < -0.39 is 5.97 Å². The zero-order valence-electron chi connectivity index (χ0n) is 30.4. The monoisotopic (exact) mass is 678 g/mol. The maximum absolute atomic E-state index is 12.7. The van der Waals surface area contributed by atoms with Crippen LogP contribution < -0.4 is 11.3 Å². The summed E-state index contributed by atoms with van der Waals surface area (Å²) in [7, 11) is 0. The molecule has 10 heteroatoms. The summed E-state index contributed by atoms with van der Waals surface area (Å²) in [5.41, 5.74) is 10.0. The molecule has 0 amide bonds. The number of hydrogen-bond acceptors (Lipinski definition) is 9. The summed E-state index contributed by atoms with van der Waals surface area (Å²) >= 11 is 0. The number of ether oxygens (including phenoxy) is 2. The average Bonchev–Trinajstić information content (AvgIpc) is 3.12. The van der Waals surface area contributed by atoms with Gasteiger partial charge in [-0.3, -0.25) is 9.59 Å². The van der Waals surface area contributed by atoms with Gasteiger partial charge in [-0.1, -0.05) is 94.4 Å². The molecule has 0 radical (unpaired) electrons. The van der Waals surface area contributed by atoms with E-state index in [0.717, 1.165) is 35.2 Å². The third-order valence-electron chi connectivity index (χ3n) is 6.77. The van der Waals surface area contributed by atoms with Gasteiger partial charge in [-0.2, -0.15) is 9.59 Å². The molecule has 0 aliphatic heterocycles. The summed E-state index contributed by atoms with van der Waals surface area (Å²) < 4.78 is 11.4. The average molecular weight is 679 g/mol. The van der Waals surface area contributed by atoms with Crippen molar-refractivity contribution >= 4 is 23.9 Å². The van der Waals surface area contributed by atoms with E-state index in [1.165, 1.54) is 5.56 Å². The van der Waals surface area contributed by atoms with Crippen molar-refractivity contribution in [2.45, 2.75) is 94.2 Å². The van der Waals surface area contributed by atoms with E-state index >= 15 is 0 Å². The summed E-state index contributed by atoms with van der Waals surface area (Å²) in [6.07, 6.45) is 4.90. The highest BCUT2D eigenvalue weighted by Crippen LogP contribution is 2.12. The van der Waals surface area contributed by atoms with Crippen molar-refractivity contribution < 1.29 is 33.4 Å². The van der Waals surface area contributed by atoms with Crippen LogP contribution >= 0.6 is 0 Å². The molecular formula is C39H54N2O8. The van der Waals surface area contributed by atoms with E-state index in [1.54, 1.807) is 30.6 Å². The zero-order valence-corrected chi connectivity index (χ0v) is 30.4. The Bertz CT molecular complexity index is 1480. The topological polar surface area (TPSA) is 152 Å². The molecule has 0 aliphatic carbocycles. The SMILES string of the molecule is C/C=C(\CC)C(=O)OCC.CCC(=O)CC.CCOC(=O)c1cc(C)c(CC)n(Cc2ccccc2)c1=O.NCc1ccccc1.O=C=O. The molecular weight excluding hydrogens is 624 g/mol. The van der Waals surface area contributed by atoms with Gasteiger partial charge in [0.2, 0.25) is 0 Å². The normalized spacial score (nSPS) is 9.69. The predicted octanol–water partition coefficient (Wildman–Crippen LogP) is 6.79. The van der Waals surface area contributed by atoms with Crippen LogP contribution in [0.25, 0.3) is 0 Å². The van der Waals surface area contributed by atoms with Crippen molar-refractivity contribution in [2.24, 2.45) is 5.73 Å². The van der Waals surface area contributed by atoms with Gasteiger partial charge in [-0.05, 0) is 63.3 Å². The second kappa shape index (κ2) is 29.2. The Hall–Kier alpha value is -4.92. The number of hydrogen-bond donors (Lipinski definition) is 1. The van der Waals surface area contributed by atoms with Crippen LogP contribution in [0.1, 0.15) is 100 Å². The maximum atomic E-state index is 12.7. The smallest absolute Gasteiger partial charge is 0.373 e. The van der Waals surface area contributed by atoms with Crippen molar-refractivity contribution in [1.82, 2.24) is 4.57 Å². The van der Waals surface area contributed by atoms with Gasteiger partial charge in [0.05, 0.1) is 19.8 Å². The minimum absolute atomic E-state index is 0.104. The first-order valence-corrected chi connectivity index (χ1v) is 16.5. The number of rotatable bonds is 11. The lowest BCUT2D eigenvalue weighted by Gasteiger charge is -2.16. The Morgan fingerprint density at radius 3 is 1.63 bits per heavy atom. The Balaban J connectivity index is 0. The molecule has 10 nitrogen and oxygen atoms in total. The molecule has 268 valence electrons. The van der Waals surface area contributed by atoms with Gasteiger partial charge in [-0.25, -0.2) is 9.59 Å². The number of allylic oxidation sites excluding steroid dienone is 1. The van der Waals surface area contributed by atoms with Crippen molar-refractivity contribution in [3.05, 3.63) is 117 Å². The summed E-state index contributed by atoms with van der Waals surface area (Å²) in [5, 5.41) is 0. The summed E-state index contributed by atoms with van der Waals surface area (Å²) in [4.78, 5) is 62.0. The number of pyridine rings is 1. The van der Waals surface area contributed by atoms with Gasteiger partial charge in [-0.15, -0.1) is 0 Å². The fourth-order valence-electron chi connectivity index (χ4n) is 4.15. The minimum Gasteiger partial charge on any atom is -0.463 e. The first kappa shape index (κ1) is 46.2. The molecule has 0 unspecified atom stereocenters. The molecule has 0 saturated carbocycles. The third kappa shape index (κ3) is 19.5. The first-order valence-electron chi connectivity index (χ1n) is 16.5. The van der Waals surface area contributed by atoms with Gasteiger partial charge >= 0.3 is 18.1 Å². The van der Waals surface area contributed by atoms with Crippen LogP contribution in [0.2, 0.25) is 0 Å². The van der Waals surface area contributed by atoms with Crippen LogP contribution in [0.3, 0.4) is 0 Å². The van der Waals surface area contributed by atoms with Gasteiger partial charge in [0, 0.05) is 30.7 Å². The van der Waals surface area contributed by atoms with Crippen LogP contribution in [-0.4, -0.2) is 41.7 Å². The van der Waals surface area contributed by atoms with E-state index in [4.69, 9.17) is 24.8 Å². The van der Waals surface area contributed by atoms with Crippen LogP contribution in [0.4, 0.5) is 0 Å². The number of nitrogens with zero attached hydrogens (tertiary/aromatic N) is 1. The van der Waals surface area contributed by atoms with Crippen LogP contribution in [0, 0.1) is 6.92 Å². The fraction of sp³-hybridized carbons (Fsp3) is 0.410. The predicted molar refractivity (Wildman–Crippen MR) is 192 cm³/mol. The molecule has 49 heavy (non-hydrogen) atoms. The lowest BCUT2D eigenvalue weighted by molar-refractivity contribution is -0.191. The number of ketones is 1. The molecule has 3 aromatic rings. The molecule has 2 aromatic carbocycles. The molecule has 1 aromatic heterocycles. The molecule has 0 atom stereocenters. The van der Waals surface area contributed by atoms with E-state index in [9.17, 15) is 19.2 Å². The van der Waals surface area contributed by atoms with Gasteiger partial charge < -0.3 is 19.8 Å². The lowest BCUT2D eigenvalue weighted by Crippen LogP contribution is -2.31. The minimum atomic E-state index is -0.555. The third-order valence-corrected chi connectivity index (χ3v) is 6.77. The highest BCUT2D eigenvalue weighted by molar-refractivity contribution is 5.89. The molecule has 1 heterocycles. The zero-order chi connectivity index (χ0) is 37.6. The van der Waals surface area contributed by atoms with E-state index in [-0.39, 0.29) is 29.9 Å². The summed E-state index contributed by atoms with van der Waals surface area (Å²) in [6.45, 7) is 16.8. The number of nitrogens with two attached hydrogens (primary N) is 1. The Labute approximate surface area is 291 Å². The molecule has 0 bridgehead atoms. The number of Topliss-reactive ketones (excluding diaryl/α,β-unsaturated/α-hetero) is 1. The molecule has 0 aliphatic rings. The van der Waals surface area contributed by atoms with Crippen molar-refractivity contribution in [1.29, 1.82) is 0 Å². The van der Waals surface area contributed by atoms with E-state index in [2.05, 4.69) is 0 Å². The molecule has 3 rings (SSSR count). The number of carbonyl (C=O) groups is 3. The van der Waals surface area contributed by atoms with E-state index in [0.29, 0.717) is 38.3 Å². The maximum Gasteiger partial charge on any atom is 0.373 e. The fourth-order valence-corrected chi connectivity index (χ4v) is 4.15. The van der Waals surface area contributed by atoms with Crippen molar-refractivity contribution in [3.63, 3.8) is 0 Å². The standard InChI is InChI=1S/C18H21NO3.C8H14O2.C7H9N.C5H10O.CO2/c1-4-16-13(3)11-15(18(21)22-5-2)17(20)19(16)12-14-9-7-6-8-10-14;1-4-7(5-2)8(9)10-6-3;8-6-7-4-2-1-3-5-7;1-3-5(6)4-2;2-1-3/h6-11H,4-5,12H2,1-3H3;4H,5-6H2,1-3H3;1-5H,6,8H2;3-4H2,1-2H3;/b;7-4+;;;. The Kier molecular flexibility index (Phi) is 27.6. The number of aromatic nitrogens is 1. The quantitative estimate of drug-likeness (QED) is 0.171. The van der Waals surface area contributed by atoms with Crippen LogP contribution in [0.5, 0.6) is 0 Å². The number of carbonyl (C=O) groups excluding carboxylic acids is 5. The molecule has 2 N–H and O–H groups in total. The first-order chi connectivity index (χ1) is 23.5. The summed E-state index contributed by atoms with van der Waals surface area (Å²) in [6, 6.07) is 21.4. The van der Waals surface area contributed by atoms with Gasteiger partial charge in [0.15, 0.2) is 0 Å². The molecule has 0 saturated heterocycles.